The van der Waals surface area contributed by atoms with Crippen LogP contribution in [-0.2, 0) is 11.2 Å². The van der Waals surface area contributed by atoms with Gasteiger partial charge in [-0.15, -0.1) is 0 Å². The first-order valence-electron chi connectivity index (χ1n) is 5.67. The molecule has 0 fully saturated rings. The molecule has 0 saturated carbocycles. The van der Waals surface area contributed by atoms with Crippen molar-refractivity contribution in [1.82, 2.24) is 4.98 Å². The quantitative estimate of drug-likeness (QED) is 0.760. The highest BCUT2D eigenvalue weighted by Gasteiger charge is 2.16. The van der Waals surface area contributed by atoms with E-state index in [2.05, 4.69) is 4.98 Å². The fourth-order valence-electron chi connectivity index (χ4n) is 1.92. The van der Waals surface area contributed by atoms with Gasteiger partial charge in [-0.25, -0.2) is 4.79 Å². The average molecular weight is 248 g/mol. The zero-order valence-corrected chi connectivity index (χ0v) is 10.3. The van der Waals surface area contributed by atoms with Crippen molar-refractivity contribution in [3.05, 3.63) is 30.0 Å². The Morgan fingerprint density at radius 3 is 2.78 bits per heavy atom. The molecule has 0 aliphatic rings. The van der Waals surface area contributed by atoms with E-state index in [1.54, 1.807) is 6.20 Å². The van der Waals surface area contributed by atoms with Crippen molar-refractivity contribution in [2.75, 3.05) is 19.0 Å². The number of hydrogen-bond donors (Lipinski definition) is 3. The maximum atomic E-state index is 10.6. The molecule has 1 aromatic carbocycles. The summed E-state index contributed by atoms with van der Waals surface area (Å²) in [6.45, 7) is 0. The van der Waals surface area contributed by atoms with Crippen LogP contribution in [0.15, 0.2) is 24.4 Å². The largest absolute Gasteiger partial charge is 0.479 e. The van der Waals surface area contributed by atoms with Gasteiger partial charge in [0.2, 0.25) is 0 Å². The van der Waals surface area contributed by atoms with Crippen LogP contribution in [0.3, 0.4) is 0 Å². The third-order valence-electron chi connectivity index (χ3n) is 2.97. The monoisotopic (exact) mass is 248 g/mol. The van der Waals surface area contributed by atoms with Gasteiger partial charge in [0, 0.05) is 43.3 Å². The second kappa shape index (κ2) is 4.70. The third-order valence-corrected chi connectivity index (χ3v) is 2.97. The number of aliphatic carboxylic acids is 1. The van der Waals surface area contributed by atoms with Crippen LogP contribution in [0.4, 0.5) is 5.69 Å². The molecule has 0 aliphatic heterocycles. The van der Waals surface area contributed by atoms with Crippen molar-refractivity contribution in [1.29, 1.82) is 0 Å². The van der Waals surface area contributed by atoms with Crippen molar-refractivity contribution < 1.29 is 15.0 Å². The van der Waals surface area contributed by atoms with Crippen molar-refractivity contribution in [3.63, 3.8) is 0 Å². The van der Waals surface area contributed by atoms with E-state index in [-0.39, 0.29) is 6.42 Å². The Hall–Kier alpha value is -2.01. The number of nitrogens with one attached hydrogen (secondary N) is 1. The first-order chi connectivity index (χ1) is 8.49. The molecule has 0 unspecified atom stereocenters. The molecule has 2 rings (SSSR count). The maximum absolute atomic E-state index is 10.6. The summed E-state index contributed by atoms with van der Waals surface area (Å²) in [6.07, 6.45) is 0.491. The van der Waals surface area contributed by atoms with Crippen LogP contribution in [-0.4, -0.2) is 41.4 Å². The molecule has 0 radical (unpaired) electrons. The Morgan fingerprint density at radius 1 is 1.44 bits per heavy atom. The van der Waals surface area contributed by atoms with Gasteiger partial charge in [-0.05, 0) is 17.7 Å². The van der Waals surface area contributed by atoms with E-state index in [9.17, 15) is 9.90 Å². The lowest BCUT2D eigenvalue weighted by Crippen LogP contribution is -2.21. The molecular weight excluding hydrogens is 232 g/mol. The average Bonchev–Trinajstić information content (AvgIpc) is 2.71. The van der Waals surface area contributed by atoms with Crippen LogP contribution in [0.25, 0.3) is 10.9 Å². The van der Waals surface area contributed by atoms with E-state index in [4.69, 9.17) is 5.11 Å². The van der Waals surface area contributed by atoms with Gasteiger partial charge in [-0.3, -0.25) is 0 Å². The van der Waals surface area contributed by atoms with Gasteiger partial charge in [0.1, 0.15) is 0 Å². The highest BCUT2D eigenvalue weighted by molar-refractivity contribution is 5.87. The predicted octanol–water partition coefficient (Wildman–Crippen LogP) is 1.22. The van der Waals surface area contributed by atoms with Crippen LogP contribution < -0.4 is 4.90 Å². The van der Waals surface area contributed by atoms with E-state index in [1.165, 1.54) is 0 Å². The Balaban J connectivity index is 2.34. The van der Waals surface area contributed by atoms with E-state index >= 15 is 0 Å². The van der Waals surface area contributed by atoms with Crippen LogP contribution in [0, 0.1) is 0 Å². The van der Waals surface area contributed by atoms with Gasteiger partial charge in [0.05, 0.1) is 0 Å². The third kappa shape index (κ3) is 2.31. The van der Waals surface area contributed by atoms with Crippen molar-refractivity contribution in [3.8, 4) is 0 Å². The number of H-pyrrole nitrogens is 1. The van der Waals surface area contributed by atoms with E-state index in [0.29, 0.717) is 0 Å². The molecule has 5 nitrogen and oxygen atoms in total. The molecule has 3 N–H and O–H groups in total. The van der Waals surface area contributed by atoms with Gasteiger partial charge in [-0.1, -0.05) is 6.07 Å². The van der Waals surface area contributed by atoms with Gasteiger partial charge < -0.3 is 20.1 Å². The van der Waals surface area contributed by atoms with E-state index in [1.807, 2.05) is 37.2 Å². The Bertz CT molecular complexity index is 575. The summed E-state index contributed by atoms with van der Waals surface area (Å²) in [6, 6.07) is 5.89. The normalized spacial score (nSPS) is 12.6. The van der Waals surface area contributed by atoms with Crippen molar-refractivity contribution >= 4 is 22.6 Å². The smallest absolute Gasteiger partial charge is 0.332 e. The first-order valence-corrected chi connectivity index (χ1v) is 5.67. The van der Waals surface area contributed by atoms with Gasteiger partial charge in [0.25, 0.3) is 0 Å². The lowest BCUT2D eigenvalue weighted by molar-refractivity contribution is -0.146. The summed E-state index contributed by atoms with van der Waals surface area (Å²) in [7, 11) is 3.92. The fraction of sp³-hybridized carbons (Fsp3) is 0.308. The van der Waals surface area contributed by atoms with Gasteiger partial charge >= 0.3 is 5.97 Å². The lowest BCUT2D eigenvalue weighted by atomic mass is 10.1. The number of anilines is 1. The molecule has 2 aromatic rings. The summed E-state index contributed by atoms with van der Waals surface area (Å²) >= 11 is 0. The molecule has 1 atom stereocenters. The molecule has 0 bridgehead atoms. The fourth-order valence-corrected chi connectivity index (χ4v) is 1.92. The number of hydrogen-bond acceptors (Lipinski definition) is 3. The molecule has 0 amide bonds. The molecule has 0 saturated heterocycles. The van der Waals surface area contributed by atoms with Gasteiger partial charge in [-0.2, -0.15) is 0 Å². The number of carboxylic acids is 1. The number of carboxylic acid groups (broad SMARTS) is 1. The first kappa shape index (κ1) is 12.4. The predicted molar refractivity (Wildman–Crippen MR) is 70.0 cm³/mol. The standard InChI is InChI=1S/C13H16N2O3/c1-15(2)9-3-4-10-8(5-12(16)13(17)18)7-14-11(10)6-9/h3-4,6-7,12,14,16H,5H2,1-2H3,(H,17,18)/t12-/m0/s1. The SMILES string of the molecule is CN(C)c1ccc2c(C[C@H](O)C(=O)O)c[nH]c2c1. The summed E-state index contributed by atoms with van der Waals surface area (Å²) in [5.41, 5.74) is 2.81. The van der Waals surface area contributed by atoms with Crippen LogP contribution >= 0.6 is 0 Å². The number of aromatic amines is 1. The number of aliphatic hydroxyl groups excluding tert-OH is 1. The molecular formula is C13H16N2O3. The Kier molecular flexibility index (Phi) is 3.25. The Labute approximate surface area is 105 Å². The molecule has 5 heteroatoms. The Morgan fingerprint density at radius 2 is 2.17 bits per heavy atom. The number of aliphatic hydroxyl groups is 1. The minimum atomic E-state index is -1.36. The van der Waals surface area contributed by atoms with E-state index in [0.717, 1.165) is 22.2 Å². The van der Waals surface area contributed by atoms with Crippen LogP contribution in [0.1, 0.15) is 5.56 Å². The maximum Gasteiger partial charge on any atom is 0.332 e. The minimum Gasteiger partial charge on any atom is -0.479 e. The van der Waals surface area contributed by atoms with E-state index < -0.39 is 12.1 Å². The number of fused-ring (bicyclic) bond motifs is 1. The number of rotatable bonds is 4. The minimum absolute atomic E-state index is 0.108. The van der Waals surface area contributed by atoms with Crippen LogP contribution in [0.2, 0.25) is 0 Å². The second-order valence-corrected chi connectivity index (χ2v) is 4.50. The molecule has 1 aromatic heterocycles. The number of benzene rings is 1. The zero-order chi connectivity index (χ0) is 13.3. The number of aromatic nitrogens is 1. The summed E-state index contributed by atoms with van der Waals surface area (Å²) < 4.78 is 0. The highest BCUT2D eigenvalue weighted by Crippen LogP contribution is 2.24. The summed E-state index contributed by atoms with van der Waals surface area (Å²) in [4.78, 5) is 15.7. The number of carbonyl (C=O) groups is 1. The number of nitrogens with zero attached hydrogens (tertiary/aromatic N) is 1. The highest BCUT2D eigenvalue weighted by atomic mass is 16.4. The van der Waals surface area contributed by atoms with Crippen molar-refractivity contribution in [2.24, 2.45) is 0 Å². The van der Waals surface area contributed by atoms with Crippen LogP contribution in [0.5, 0.6) is 0 Å². The summed E-state index contributed by atoms with van der Waals surface area (Å²) in [5, 5.41) is 19.0. The molecule has 1 heterocycles. The van der Waals surface area contributed by atoms with Crippen molar-refractivity contribution in [2.45, 2.75) is 12.5 Å². The zero-order valence-electron chi connectivity index (χ0n) is 10.3. The molecule has 0 aliphatic carbocycles. The second-order valence-electron chi connectivity index (χ2n) is 4.50. The molecule has 0 spiro atoms. The van der Waals surface area contributed by atoms with Gasteiger partial charge in [0.15, 0.2) is 6.10 Å². The summed E-state index contributed by atoms with van der Waals surface area (Å²) in [5.74, 6) is -1.20. The molecule has 18 heavy (non-hydrogen) atoms. The molecule has 96 valence electrons. The lowest BCUT2D eigenvalue weighted by Gasteiger charge is -2.12. The topological polar surface area (TPSA) is 76.6 Å².